The van der Waals surface area contributed by atoms with Gasteiger partial charge in [0, 0.05) is 25.8 Å². The number of nitrogens with zero attached hydrogens (tertiary/aromatic N) is 3. The summed E-state index contributed by atoms with van der Waals surface area (Å²) in [6.45, 7) is 5.95. The zero-order valence-electron chi connectivity index (χ0n) is 12.8. The van der Waals surface area contributed by atoms with Crippen molar-refractivity contribution in [3.05, 3.63) is 18.0 Å². The van der Waals surface area contributed by atoms with Crippen molar-refractivity contribution in [1.82, 2.24) is 14.7 Å². The lowest BCUT2D eigenvalue weighted by atomic mass is 9.74. The lowest BCUT2D eigenvalue weighted by Gasteiger charge is -2.39. The third-order valence-corrected chi connectivity index (χ3v) is 4.46. The van der Waals surface area contributed by atoms with E-state index in [4.69, 9.17) is 5.73 Å². The van der Waals surface area contributed by atoms with Gasteiger partial charge in [-0.05, 0) is 26.2 Å². The fourth-order valence-electron chi connectivity index (χ4n) is 3.07. The molecule has 1 aliphatic heterocycles. The van der Waals surface area contributed by atoms with Crippen LogP contribution in [0.25, 0.3) is 0 Å². The summed E-state index contributed by atoms with van der Waals surface area (Å²) in [4.78, 5) is 26.0. The summed E-state index contributed by atoms with van der Waals surface area (Å²) in [6, 6.07) is 0. The minimum Gasteiger partial charge on any atom is -0.369 e. The Balaban J connectivity index is 2.02. The van der Waals surface area contributed by atoms with Gasteiger partial charge in [-0.15, -0.1) is 0 Å². The van der Waals surface area contributed by atoms with Gasteiger partial charge in [0.25, 0.3) is 5.91 Å². The molecule has 2 N–H and O–H groups in total. The van der Waals surface area contributed by atoms with Gasteiger partial charge in [-0.25, -0.2) is 0 Å². The van der Waals surface area contributed by atoms with E-state index in [1.165, 1.54) is 0 Å². The van der Waals surface area contributed by atoms with Gasteiger partial charge in [-0.1, -0.05) is 13.3 Å². The third-order valence-electron chi connectivity index (χ3n) is 4.46. The molecule has 0 unspecified atom stereocenters. The Morgan fingerprint density at radius 3 is 2.48 bits per heavy atom. The molecule has 116 valence electrons. The lowest BCUT2D eigenvalue weighted by molar-refractivity contribution is -0.130. The van der Waals surface area contributed by atoms with Gasteiger partial charge in [0.15, 0.2) is 0 Å². The minimum absolute atomic E-state index is 0.00994. The van der Waals surface area contributed by atoms with Crippen LogP contribution in [0.5, 0.6) is 0 Å². The summed E-state index contributed by atoms with van der Waals surface area (Å²) in [5, 5.41) is 4.13. The molecule has 0 aliphatic carbocycles. The van der Waals surface area contributed by atoms with Crippen molar-refractivity contribution >= 4 is 11.8 Å². The maximum atomic E-state index is 12.4. The van der Waals surface area contributed by atoms with Crippen LogP contribution in [0.1, 0.15) is 49.9 Å². The highest BCUT2D eigenvalue weighted by atomic mass is 16.2. The van der Waals surface area contributed by atoms with Crippen molar-refractivity contribution in [3.8, 4) is 0 Å². The number of aryl methyl sites for hydroxylation is 1. The Hall–Kier alpha value is -1.85. The molecule has 1 aromatic rings. The first-order chi connectivity index (χ1) is 10.0. The second-order valence-corrected chi connectivity index (χ2v) is 5.77. The zero-order valence-corrected chi connectivity index (χ0v) is 12.8. The Morgan fingerprint density at radius 1 is 1.33 bits per heavy atom. The maximum absolute atomic E-state index is 12.4. The summed E-state index contributed by atoms with van der Waals surface area (Å²) in [5.74, 6) is -0.237. The summed E-state index contributed by atoms with van der Waals surface area (Å²) in [6.07, 6.45) is 6.42. The van der Waals surface area contributed by atoms with E-state index < -0.39 is 5.41 Å². The summed E-state index contributed by atoms with van der Waals surface area (Å²) >= 11 is 0. The number of likely N-dealkylation sites (tertiary alicyclic amines) is 1. The standard InChI is InChI=1S/C15H24N4O2/c1-3-5-15(14(16)21)6-8-18(9-7-15)13(20)12-10-17-19(4-2)11-12/h10-11H,3-9H2,1-2H3,(H2,16,21). The van der Waals surface area contributed by atoms with Crippen molar-refractivity contribution < 1.29 is 9.59 Å². The van der Waals surface area contributed by atoms with Crippen LogP contribution in [-0.2, 0) is 11.3 Å². The van der Waals surface area contributed by atoms with Gasteiger partial charge >= 0.3 is 0 Å². The molecule has 0 bridgehead atoms. The Kier molecular flexibility index (Phi) is 4.65. The predicted molar refractivity (Wildman–Crippen MR) is 79.6 cm³/mol. The summed E-state index contributed by atoms with van der Waals surface area (Å²) in [7, 11) is 0. The SMILES string of the molecule is CCCC1(C(N)=O)CCN(C(=O)c2cnn(CC)c2)CC1. The predicted octanol–water partition coefficient (Wildman–Crippen LogP) is 1.41. The van der Waals surface area contributed by atoms with Gasteiger partial charge in [0.2, 0.25) is 5.91 Å². The quantitative estimate of drug-likeness (QED) is 0.891. The van der Waals surface area contributed by atoms with Crippen LogP contribution in [0.4, 0.5) is 0 Å². The molecular weight excluding hydrogens is 268 g/mol. The number of carbonyl (C=O) groups is 2. The molecule has 6 nitrogen and oxygen atoms in total. The smallest absolute Gasteiger partial charge is 0.257 e. The second kappa shape index (κ2) is 6.28. The second-order valence-electron chi connectivity index (χ2n) is 5.77. The molecule has 2 heterocycles. The average molecular weight is 292 g/mol. The van der Waals surface area contributed by atoms with E-state index in [-0.39, 0.29) is 11.8 Å². The molecule has 21 heavy (non-hydrogen) atoms. The monoisotopic (exact) mass is 292 g/mol. The normalized spacial score (nSPS) is 17.7. The molecule has 0 spiro atoms. The van der Waals surface area contributed by atoms with Crippen molar-refractivity contribution in [1.29, 1.82) is 0 Å². The van der Waals surface area contributed by atoms with Crippen molar-refractivity contribution in [2.24, 2.45) is 11.1 Å². The molecule has 1 fully saturated rings. The van der Waals surface area contributed by atoms with Crippen LogP contribution in [0.15, 0.2) is 12.4 Å². The first-order valence-electron chi connectivity index (χ1n) is 7.64. The van der Waals surface area contributed by atoms with Gasteiger partial charge in [0.1, 0.15) is 0 Å². The summed E-state index contributed by atoms with van der Waals surface area (Å²) in [5.41, 5.74) is 5.77. The van der Waals surface area contributed by atoms with Gasteiger partial charge < -0.3 is 10.6 Å². The van der Waals surface area contributed by atoms with E-state index in [0.29, 0.717) is 31.5 Å². The molecule has 1 saturated heterocycles. The number of piperidine rings is 1. The molecule has 6 heteroatoms. The van der Waals surface area contributed by atoms with Crippen LogP contribution in [0.2, 0.25) is 0 Å². The van der Waals surface area contributed by atoms with Gasteiger partial charge in [-0.3, -0.25) is 14.3 Å². The van der Waals surface area contributed by atoms with Crippen molar-refractivity contribution in [2.75, 3.05) is 13.1 Å². The molecule has 0 radical (unpaired) electrons. The summed E-state index contributed by atoms with van der Waals surface area (Å²) < 4.78 is 1.74. The number of primary amides is 1. The van der Waals surface area contributed by atoms with Gasteiger partial charge in [0.05, 0.1) is 17.2 Å². The molecule has 1 aromatic heterocycles. The first kappa shape index (κ1) is 15.5. The van der Waals surface area contributed by atoms with Crippen LogP contribution in [0, 0.1) is 5.41 Å². The molecule has 0 aromatic carbocycles. The van der Waals surface area contributed by atoms with Gasteiger partial charge in [-0.2, -0.15) is 5.10 Å². The van der Waals surface area contributed by atoms with Crippen LogP contribution in [-0.4, -0.2) is 39.6 Å². The van der Waals surface area contributed by atoms with Crippen LogP contribution in [0.3, 0.4) is 0 Å². The fourth-order valence-corrected chi connectivity index (χ4v) is 3.07. The molecular formula is C15H24N4O2. The number of aromatic nitrogens is 2. The van der Waals surface area contributed by atoms with E-state index in [1.807, 2.05) is 6.92 Å². The van der Waals surface area contributed by atoms with E-state index in [0.717, 1.165) is 19.4 Å². The van der Waals surface area contributed by atoms with Crippen LogP contribution >= 0.6 is 0 Å². The highest BCUT2D eigenvalue weighted by Gasteiger charge is 2.40. The fraction of sp³-hybridized carbons (Fsp3) is 0.667. The Labute approximate surface area is 125 Å². The van der Waals surface area contributed by atoms with E-state index in [9.17, 15) is 9.59 Å². The van der Waals surface area contributed by atoms with E-state index >= 15 is 0 Å². The number of hydrogen-bond acceptors (Lipinski definition) is 3. The zero-order chi connectivity index (χ0) is 15.5. The molecule has 2 amide bonds. The third kappa shape index (κ3) is 3.09. The highest BCUT2D eigenvalue weighted by Crippen LogP contribution is 2.36. The largest absolute Gasteiger partial charge is 0.369 e. The lowest BCUT2D eigenvalue weighted by Crippen LogP contribution is -2.48. The van der Waals surface area contributed by atoms with Crippen LogP contribution < -0.4 is 5.73 Å². The molecule has 0 atom stereocenters. The number of carbonyl (C=O) groups excluding carboxylic acids is 2. The van der Waals surface area contributed by atoms with E-state index in [2.05, 4.69) is 12.0 Å². The highest BCUT2D eigenvalue weighted by molar-refractivity contribution is 5.94. The number of nitrogens with two attached hydrogens (primary N) is 1. The maximum Gasteiger partial charge on any atom is 0.257 e. The van der Waals surface area contributed by atoms with E-state index in [1.54, 1.807) is 22.0 Å². The molecule has 1 aliphatic rings. The number of amides is 2. The molecule has 0 saturated carbocycles. The minimum atomic E-state index is -0.431. The topological polar surface area (TPSA) is 81.2 Å². The average Bonchev–Trinajstić information content (AvgIpc) is 2.96. The first-order valence-corrected chi connectivity index (χ1v) is 7.64. The Bertz CT molecular complexity index is 515. The van der Waals surface area contributed by atoms with Crippen molar-refractivity contribution in [2.45, 2.75) is 46.1 Å². The Morgan fingerprint density at radius 2 is 2.00 bits per heavy atom. The number of rotatable bonds is 5. The number of hydrogen-bond donors (Lipinski definition) is 1. The molecule has 2 rings (SSSR count). The van der Waals surface area contributed by atoms with Crippen molar-refractivity contribution in [3.63, 3.8) is 0 Å².